The SMILES string of the molecule is CS(=O)(=O)CCCOc1ccc2c(c1)CCCc1ccc(CNc3ccc(C4CC4)cc3)cc1-2. The number of hydrogen-bond acceptors (Lipinski definition) is 4. The summed E-state index contributed by atoms with van der Waals surface area (Å²) >= 11 is 0. The zero-order chi connectivity index (χ0) is 23.5. The van der Waals surface area contributed by atoms with Crippen LogP contribution in [0.4, 0.5) is 5.69 Å². The van der Waals surface area contributed by atoms with Crippen LogP contribution >= 0.6 is 0 Å². The standard InChI is InChI=1S/C29H33NO3S/c1-34(31,32)17-3-16-33-27-14-15-28-25(19-27)5-2-4-24-7-6-21(18-29(24)28)20-30-26-12-10-23(11-13-26)22-8-9-22/h6-7,10-15,18-19,22,30H,2-5,8-9,16-17,20H2,1H3. The molecule has 0 unspecified atom stereocenters. The normalized spacial score (nSPS) is 15.2. The van der Waals surface area contributed by atoms with Crippen molar-refractivity contribution in [2.75, 3.05) is 23.9 Å². The lowest BCUT2D eigenvalue weighted by atomic mass is 9.94. The van der Waals surface area contributed by atoms with Crippen molar-refractivity contribution >= 4 is 15.5 Å². The van der Waals surface area contributed by atoms with Crippen LogP contribution in [-0.2, 0) is 29.2 Å². The Morgan fingerprint density at radius 1 is 0.912 bits per heavy atom. The third kappa shape index (κ3) is 5.82. The van der Waals surface area contributed by atoms with Gasteiger partial charge in [0.05, 0.1) is 12.4 Å². The molecule has 0 amide bonds. The predicted molar refractivity (Wildman–Crippen MR) is 139 cm³/mol. The molecule has 0 radical (unpaired) electrons. The van der Waals surface area contributed by atoms with Crippen molar-refractivity contribution in [3.63, 3.8) is 0 Å². The molecule has 5 heteroatoms. The maximum atomic E-state index is 11.3. The minimum Gasteiger partial charge on any atom is -0.494 e. The predicted octanol–water partition coefficient (Wildman–Crippen LogP) is 6.15. The van der Waals surface area contributed by atoms with Gasteiger partial charge in [-0.25, -0.2) is 8.42 Å². The highest BCUT2D eigenvalue weighted by molar-refractivity contribution is 7.90. The molecular formula is C29H33NO3S. The van der Waals surface area contributed by atoms with Gasteiger partial charge in [0.2, 0.25) is 0 Å². The molecule has 0 bridgehead atoms. The van der Waals surface area contributed by atoms with Crippen molar-refractivity contribution in [3.05, 3.63) is 82.9 Å². The van der Waals surface area contributed by atoms with Gasteiger partial charge in [-0.3, -0.25) is 0 Å². The van der Waals surface area contributed by atoms with E-state index in [1.165, 1.54) is 52.5 Å². The molecular weight excluding hydrogens is 442 g/mol. The monoisotopic (exact) mass is 475 g/mol. The zero-order valence-electron chi connectivity index (χ0n) is 19.8. The van der Waals surface area contributed by atoms with Crippen LogP contribution in [0.2, 0.25) is 0 Å². The van der Waals surface area contributed by atoms with Gasteiger partial charge in [-0.1, -0.05) is 30.3 Å². The van der Waals surface area contributed by atoms with Crippen molar-refractivity contribution < 1.29 is 13.2 Å². The van der Waals surface area contributed by atoms with Crippen LogP contribution in [0, 0.1) is 0 Å². The molecule has 0 atom stereocenters. The van der Waals surface area contributed by atoms with Gasteiger partial charge >= 0.3 is 0 Å². The number of benzene rings is 3. The number of rotatable bonds is 9. The number of sulfone groups is 1. The molecule has 1 fully saturated rings. The molecule has 0 spiro atoms. The van der Waals surface area contributed by atoms with Gasteiger partial charge in [0.1, 0.15) is 15.6 Å². The Morgan fingerprint density at radius 3 is 2.47 bits per heavy atom. The first-order chi connectivity index (χ1) is 16.4. The molecule has 0 aromatic heterocycles. The number of nitrogens with one attached hydrogen (secondary N) is 1. The molecule has 34 heavy (non-hydrogen) atoms. The summed E-state index contributed by atoms with van der Waals surface area (Å²) in [6.07, 6.45) is 7.65. The average molecular weight is 476 g/mol. The number of hydrogen-bond donors (Lipinski definition) is 1. The first kappa shape index (κ1) is 23.0. The molecule has 2 aliphatic carbocycles. The van der Waals surface area contributed by atoms with E-state index in [1.54, 1.807) is 0 Å². The van der Waals surface area contributed by atoms with E-state index in [4.69, 9.17) is 4.74 Å². The summed E-state index contributed by atoms with van der Waals surface area (Å²) in [5.74, 6) is 1.77. The average Bonchev–Trinajstić information content (AvgIpc) is 3.67. The fraction of sp³-hybridized carbons (Fsp3) is 0.379. The van der Waals surface area contributed by atoms with E-state index in [0.29, 0.717) is 13.0 Å². The van der Waals surface area contributed by atoms with Crippen LogP contribution in [0.5, 0.6) is 5.75 Å². The first-order valence-electron chi connectivity index (χ1n) is 12.3. The Balaban J connectivity index is 1.28. The molecule has 0 saturated heterocycles. The maximum Gasteiger partial charge on any atom is 0.147 e. The van der Waals surface area contributed by atoms with Gasteiger partial charge in [-0.2, -0.15) is 0 Å². The van der Waals surface area contributed by atoms with Crippen LogP contribution in [0.1, 0.15) is 53.9 Å². The van der Waals surface area contributed by atoms with Crippen molar-refractivity contribution in [1.82, 2.24) is 0 Å². The Labute approximate surface area is 203 Å². The Morgan fingerprint density at radius 2 is 1.71 bits per heavy atom. The second kappa shape index (κ2) is 9.83. The molecule has 4 nitrogen and oxygen atoms in total. The maximum absolute atomic E-state index is 11.3. The number of anilines is 1. The summed E-state index contributed by atoms with van der Waals surface area (Å²) in [6.45, 7) is 1.22. The van der Waals surface area contributed by atoms with E-state index in [0.717, 1.165) is 43.2 Å². The van der Waals surface area contributed by atoms with Crippen LogP contribution < -0.4 is 10.1 Å². The fourth-order valence-corrected chi connectivity index (χ4v) is 5.45. The quantitative estimate of drug-likeness (QED) is 0.377. The highest BCUT2D eigenvalue weighted by Gasteiger charge is 2.23. The minimum absolute atomic E-state index is 0.160. The van der Waals surface area contributed by atoms with Crippen LogP contribution in [0.15, 0.2) is 60.7 Å². The van der Waals surface area contributed by atoms with Crippen molar-refractivity contribution in [2.24, 2.45) is 0 Å². The van der Waals surface area contributed by atoms with E-state index < -0.39 is 9.84 Å². The Bertz CT molecular complexity index is 1260. The molecule has 3 aromatic carbocycles. The summed E-state index contributed by atoms with van der Waals surface area (Å²) in [5, 5.41) is 3.58. The van der Waals surface area contributed by atoms with E-state index in [1.807, 2.05) is 6.07 Å². The topological polar surface area (TPSA) is 55.4 Å². The third-order valence-corrected chi connectivity index (χ3v) is 7.85. The minimum atomic E-state index is -2.95. The van der Waals surface area contributed by atoms with Crippen molar-refractivity contribution in [1.29, 1.82) is 0 Å². The Kier molecular flexibility index (Phi) is 6.64. The van der Waals surface area contributed by atoms with Crippen molar-refractivity contribution in [3.8, 4) is 16.9 Å². The molecule has 1 N–H and O–H groups in total. The van der Waals surface area contributed by atoms with E-state index in [-0.39, 0.29) is 5.75 Å². The van der Waals surface area contributed by atoms with E-state index >= 15 is 0 Å². The van der Waals surface area contributed by atoms with Gasteiger partial charge in [0.15, 0.2) is 0 Å². The molecule has 3 aromatic rings. The van der Waals surface area contributed by atoms with Crippen LogP contribution in [-0.4, -0.2) is 27.0 Å². The van der Waals surface area contributed by atoms with Gasteiger partial charge < -0.3 is 10.1 Å². The molecule has 2 aliphatic rings. The lowest BCUT2D eigenvalue weighted by Gasteiger charge is -2.14. The molecule has 0 aliphatic heterocycles. The van der Waals surface area contributed by atoms with Gasteiger partial charge in [-0.05, 0) is 108 Å². The summed E-state index contributed by atoms with van der Waals surface area (Å²) in [4.78, 5) is 0. The number of fused-ring (bicyclic) bond motifs is 3. The van der Waals surface area contributed by atoms with Crippen LogP contribution in [0.25, 0.3) is 11.1 Å². The molecule has 1 saturated carbocycles. The van der Waals surface area contributed by atoms with E-state index in [9.17, 15) is 8.42 Å². The molecule has 5 rings (SSSR count). The lowest BCUT2D eigenvalue weighted by Crippen LogP contribution is -2.08. The second-order valence-electron chi connectivity index (χ2n) is 9.75. The summed E-state index contributed by atoms with van der Waals surface area (Å²) in [6, 6.07) is 22.1. The first-order valence-corrected chi connectivity index (χ1v) is 14.4. The largest absolute Gasteiger partial charge is 0.494 e. The highest BCUT2D eigenvalue weighted by atomic mass is 32.2. The number of ether oxygens (including phenoxy) is 1. The van der Waals surface area contributed by atoms with Gasteiger partial charge in [0.25, 0.3) is 0 Å². The smallest absolute Gasteiger partial charge is 0.147 e. The third-order valence-electron chi connectivity index (χ3n) is 6.82. The van der Waals surface area contributed by atoms with Gasteiger partial charge in [-0.15, -0.1) is 0 Å². The van der Waals surface area contributed by atoms with Crippen molar-refractivity contribution in [2.45, 2.75) is 51.0 Å². The van der Waals surface area contributed by atoms with E-state index in [2.05, 4.69) is 59.9 Å². The second-order valence-corrected chi connectivity index (χ2v) is 12.0. The molecule has 178 valence electrons. The summed E-state index contributed by atoms with van der Waals surface area (Å²) in [7, 11) is -2.95. The van der Waals surface area contributed by atoms with Crippen LogP contribution in [0.3, 0.4) is 0 Å². The fourth-order valence-electron chi connectivity index (χ4n) is 4.81. The Hall–Kier alpha value is -2.79. The van der Waals surface area contributed by atoms with Gasteiger partial charge in [0, 0.05) is 18.5 Å². The molecule has 0 heterocycles. The summed E-state index contributed by atoms with van der Waals surface area (Å²) < 4.78 is 28.5. The number of aryl methyl sites for hydroxylation is 2. The zero-order valence-corrected chi connectivity index (χ0v) is 20.7. The summed E-state index contributed by atoms with van der Waals surface area (Å²) in [5.41, 5.74) is 9.21. The highest BCUT2D eigenvalue weighted by Crippen LogP contribution is 2.40. The lowest BCUT2D eigenvalue weighted by molar-refractivity contribution is 0.317.